The maximum atomic E-state index is 11.9. The minimum absolute atomic E-state index is 0.0557. The minimum Gasteiger partial charge on any atom is -0.371 e. The third kappa shape index (κ3) is 4.45. The molecule has 1 aliphatic heterocycles. The van der Waals surface area contributed by atoms with Crippen molar-refractivity contribution in [1.29, 1.82) is 0 Å². The Morgan fingerprint density at radius 2 is 1.96 bits per heavy atom. The summed E-state index contributed by atoms with van der Waals surface area (Å²) in [4.78, 5) is 18.3. The summed E-state index contributed by atoms with van der Waals surface area (Å²) in [6, 6.07) is 9.48. The molecule has 1 aromatic carbocycles. The number of piperidine rings is 1. The van der Waals surface area contributed by atoms with Crippen LogP contribution < -0.4 is 10.2 Å². The van der Waals surface area contributed by atoms with E-state index in [9.17, 15) is 4.79 Å². The molecule has 2 fully saturated rings. The van der Waals surface area contributed by atoms with Crippen LogP contribution in [0.2, 0.25) is 10.0 Å². The molecule has 2 aromatic rings. The summed E-state index contributed by atoms with van der Waals surface area (Å²) < 4.78 is 0. The van der Waals surface area contributed by atoms with E-state index in [0.717, 1.165) is 37.3 Å². The number of carbonyl (C=O) groups is 1. The number of nitrogens with zero attached hydrogens (tertiary/aromatic N) is 2. The molecule has 1 saturated heterocycles. The Balaban J connectivity index is 1.19. The Kier molecular flexibility index (Phi) is 5.37. The summed E-state index contributed by atoms with van der Waals surface area (Å²) in [7, 11) is 0. The number of pyridine rings is 1. The first kappa shape index (κ1) is 18.3. The van der Waals surface area contributed by atoms with Crippen molar-refractivity contribution in [2.75, 3.05) is 24.5 Å². The van der Waals surface area contributed by atoms with Crippen LogP contribution in [0, 0.1) is 17.8 Å². The number of hydrogen-bond acceptors (Lipinski definition) is 3. The van der Waals surface area contributed by atoms with Gasteiger partial charge in [-0.15, -0.1) is 0 Å². The van der Waals surface area contributed by atoms with Crippen molar-refractivity contribution in [3.05, 3.63) is 64.4 Å². The van der Waals surface area contributed by atoms with Crippen molar-refractivity contribution in [1.82, 2.24) is 10.3 Å². The molecule has 1 aromatic heterocycles. The molecule has 140 valence electrons. The fourth-order valence-corrected chi connectivity index (χ4v) is 4.59. The molecule has 1 unspecified atom stereocenters. The van der Waals surface area contributed by atoms with Gasteiger partial charge in [-0.1, -0.05) is 29.3 Å². The summed E-state index contributed by atoms with van der Waals surface area (Å²) in [6.45, 7) is 2.80. The van der Waals surface area contributed by atoms with Crippen LogP contribution in [0.5, 0.6) is 0 Å². The molecular weight excluding hydrogens is 381 g/mol. The molecule has 6 heteroatoms. The van der Waals surface area contributed by atoms with Gasteiger partial charge in [0.25, 0.3) is 0 Å². The van der Waals surface area contributed by atoms with E-state index in [1.807, 2.05) is 24.3 Å². The number of aromatic nitrogens is 1. The van der Waals surface area contributed by atoms with Gasteiger partial charge < -0.3 is 10.2 Å². The van der Waals surface area contributed by atoms with Crippen molar-refractivity contribution in [2.45, 2.75) is 6.42 Å². The van der Waals surface area contributed by atoms with Gasteiger partial charge in [-0.05, 0) is 60.1 Å². The van der Waals surface area contributed by atoms with Gasteiger partial charge >= 0.3 is 0 Å². The predicted molar refractivity (Wildman–Crippen MR) is 110 cm³/mol. The van der Waals surface area contributed by atoms with E-state index >= 15 is 0 Å². The number of amides is 1. The van der Waals surface area contributed by atoms with Crippen LogP contribution in [-0.4, -0.2) is 30.5 Å². The van der Waals surface area contributed by atoms with Gasteiger partial charge in [0.2, 0.25) is 5.91 Å². The average Bonchev–Trinajstić information content (AvgIpc) is 3.10. The van der Waals surface area contributed by atoms with Crippen molar-refractivity contribution < 1.29 is 4.79 Å². The highest BCUT2D eigenvalue weighted by atomic mass is 35.5. The Bertz CT molecular complexity index is 824. The second-order valence-electron chi connectivity index (χ2n) is 7.22. The fraction of sp³-hybridized carbons (Fsp3) is 0.333. The molecule has 0 radical (unpaired) electrons. The SMILES string of the molecule is O=C(/C=C/c1cccnc1)NCCC1[C@H]2CN(c3cc(Cl)cc(Cl)c3)C[C@@H]12. The van der Waals surface area contributed by atoms with Crippen molar-refractivity contribution in [3.63, 3.8) is 0 Å². The lowest BCUT2D eigenvalue weighted by atomic mass is 10.2. The van der Waals surface area contributed by atoms with E-state index in [1.54, 1.807) is 30.6 Å². The molecule has 2 aliphatic rings. The highest BCUT2D eigenvalue weighted by Gasteiger charge is 2.54. The van der Waals surface area contributed by atoms with Gasteiger partial charge in [-0.2, -0.15) is 0 Å². The van der Waals surface area contributed by atoms with Crippen LogP contribution >= 0.6 is 23.2 Å². The summed E-state index contributed by atoms with van der Waals surface area (Å²) in [6.07, 6.45) is 7.82. The molecule has 4 nitrogen and oxygen atoms in total. The number of benzene rings is 1. The van der Waals surface area contributed by atoms with Gasteiger partial charge in [0, 0.05) is 53.8 Å². The Morgan fingerprint density at radius 1 is 1.22 bits per heavy atom. The third-order valence-corrected chi connectivity index (χ3v) is 5.91. The van der Waals surface area contributed by atoms with Crippen molar-refractivity contribution >= 4 is 40.9 Å². The Morgan fingerprint density at radius 3 is 2.63 bits per heavy atom. The molecule has 2 heterocycles. The predicted octanol–water partition coefficient (Wildman–Crippen LogP) is 4.29. The van der Waals surface area contributed by atoms with Crippen LogP contribution in [0.1, 0.15) is 12.0 Å². The minimum atomic E-state index is -0.0557. The summed E-state index contributed by atoms with van der Waals surface area (Å²) >= 11 is 12.2. The molecule has 1 saturated carbocycles. The summed E-state index contributed by atoms with van der Waals surface area (Å²) in [5, 5.41) is 4.33. The Hall–Kier alpha value is -2.04. The van der Waals surface area contributed by atoms with Crippen LogP contribution in [0.15, 0.2) is 48.8 Å². The lowest BCUT2D eigenvalue weighted by Gasteiger charge is -2.22. The molecule has 1 N–H and O–H groups in total. The first-order chi connectivity index (χ1) is 13.1. The topological polar surface area (TPSA) is 45.2 Å². The monoisotopic (exact) mass is 401 g/mol. The number of hydrogen-bond donors (Lipinski definition) is 1. The molecule has 1 amide bonds. The van der Waals surface area contributed by atoms with Gasteiger partial charge in [0.1, 0.15) is 0 Å². The van der Waals surface area contributed by atoms with Crippen LogP contribution in [-0.2, 0) is 4.79 Å². The number of rotatable bonds is 6. The zero-order valence-corrected chi connectivity index (χ0v) is 16.3. The third-order valence-electron chi connectivity index (χ3n) is 5.47. The van der Waals surface area contributed by atoms with Gasteiger partial charge in [0.15, 0.2) is 0 Å². The smallest absolute Gasteiger partial charge is 0.244 e. The Labute approximate surface area is 169 Å². The summed E-state index contributed by atoms with van der Waals surface area (Å²) in [5.41, 5.74) is 2.03. The fourth-order valence-electron chi connectivity index (χ4n) is 4.08. The first-order valence-corrected chi connectivity index (χ1v) is 9.93. The average molecular weight is 402 g/mol. The number of halogens is 2. The van der Waals surface area contributed by atoms with Crippen LogP contribution in [0.25, 0.3) is 6.08 Å². The van der Waals surface area contributed by atoms with E-state index in [0.29, 0.717) is 27.8 Å². The molecule has 3 atom stereocenters. The van der Waals surface area contributed by atoms with Crippen LogP contribution in [0.3, 0.4) is 0 Å². The van der Waals surface area contributed by atoms with Crippen LogP contribution in [0.4, 0.5) is 5.69 Å². The highest BCUT2D eigenvalue weighted by molar-refractivity contribution is 6.35. The summed E-state index contributed by atoms with van der Waals surface area (Å²) in [5.74, 6) is 2.08. The molecule has 4 rings (SSSR count). The number of nitrogens with one attached hydrogen (secondary N) is 1. The lowest BCUT2D eigenvalue weighted by Crippen LogP contribution is -2.26. The molecular formula is C21H21Cl2N3O. The lowest BCUT2D eigenvalue weighted by molar-refractivity contribution is -0.116. The number of carbonyl (C=O) groups excluding carboxylic acids is 1. The zero-order valence-electron chi connectivity index (χ0n) is 14.8. The first-order valence-electron chi connectivity index (χ1n) is 9.17. The normalized spacial score (nSPS) is 23.5. The van der Waals surface area contributed by atoms with Gasteiger partial charge in [-0.3, -0.25) is 9.78 Å². The second-order valence-corrected chi connectivity index (χ2v) is 8.10. The zero-order chi connectivity index (χ0) is 18.8. The maximum absolute atomic E-state index is 11.9. The van der Waals surface area contributed by atoms with Gasteiger partial charge in [-0.25, -0.2) is 0 Å². The van der Waals surface area contributed by atoms with E-state index in [-0.39, 0.29) is 5.91 Å². The standard InChI is InChI=1S/C21H21Cl2N3O/c22-15-8-16(23)10-17(9-15)26-12-19-18(20(19)13-26)5-7-25-21(27)4-3-14-2-1-6-24-11-14/h1-4,6,8-11,18-20H,5,7,12-13H2,(H,25,27)/b4-3+/t18?,19-,20+. The molecule has 0 spiro atoms. The maximum Gasteiger partial charge on any atom is 0.244 e. The molecule has 0 bridgehead atoms. The largest absolute Gasteiger partial charge is 0.371 e. The van der Waals surface area contributed by atoms with Gasteiger partial charge in [0.05, 0.1) is 0 Å². The second kappa shape index (κ2) is 7.91. The van der Waals surface area contributed by atoms with E-state index < -0.39 is 0 Å². The van der Waals surface area contributed by atoms with E-state index in [4.69, 9.17) is 23.2 Å². The van der Waals surface area contributed by atoms with E-state index in [1.165, 1.54) is 0 Å². The highest BCUT2D eigenvalue weighted by Crippen LogP contribution is 2.54. The van der Waals surface area contributed by atoms with E-state index in [2.05, 4.69) is 15.2 Å². The number of fused-ring (bicyclic) bond motifs is 1. The van der Waals surface area contributed by atoms with Crippen molar-refractivity contribution in [2.24, 2.45) is 17.8 Å². The number of anilines is 1. The quantitative estimate of drug-likeness (QED) is 0.734. The molecule has 27 heavy (non-hydrogen) atoms. The van der Waals surface area contributed by atoms with Crippen molar-refractivity contribution in [3.8, 4) is 0 Å². The molecule has 1 aliphatic carbocycles.